The first kappa shape index (κ1) is 12.2. The van der Waals surface area contributed by atoms with Crippen LogP contribution in [-0.2, 0) is 19.3 Å². The number of aromatic nitrogens is 1. The van der Waals surface area contributed by atoms with Gasteiger partial charge in [0.05, 0.1) is 11.5 Å². The van der Waals surface area contributed by atoms with Crippen LogP contribution in [0.25, 0.3) is 10.9 Å². The van der Waals surface area contributed by atoms with Crippen LogP contribution in [0.4, 0.5) is 0 Å². The minimum absolute atomic E-state index is 0.370. The zero-order chi connectivity index (χ0) is 13.4. The highest BCUT2D eigenvalue weighted by molar-refractivity contribution is 6.03. The average molecular weight is 254 g/mol. The van der Waals surface area contributed by atoms with E-state index in [1.165, 1.54) is 0 Å². The van der Waals surface area contributed by atoms with Gasteiger partial charge in [-0.3, -0.25) is 4.98 Å². The third-order valence-electron chi connectivity index (χ3n) is 3.94. The molecule has 1 heterocycles. The summed E-state index contributed by atoms with van der Waals surface area (Å²) in [6, 6.07) is 5.89. The first-order chi connectivity index (χ1) is 9.20. The summed E-state index contributed by atoms with van der Waals surface area (Å²) >= 11 is 0. The Morgan fingerprint density at radius 1 is 1.32 bits per heavy atom. The third kappa shape index (κ3) is 1.99. The minimum atomic E-state index is -1.07. The number of carbonyl (C=O) groups excluding carboxylic acids is 1. The van der Waals surface area contributed by atoms with Crippen molar-refractivity contribution in [2.75, 3.05) is 0 Å². The number of carboxylic acid groups (broad SMARTS) is 1. The molecular formula is C16H16NO2-. The molecule has 2 aromatic rings. The van der Waals surface area contributed by atoms with E-state index >= 15 is 0 Å². The monoisotopic (exact) mass is 254 g/mol. The summed E-state index contributed by atoms with van der Waals surface area (Å²) in [5.74, 6) is -1.07. The topological polar surface area (TPSA) is 53.0 Å². The number of hydrogen-bond donors (Lipinski definition) is 0. The number of rotatable bonds is 2. The molecule has 98 valence electrons. The number of carbonyl (C=O) groups is 1. The van der Waals surface area contributed by atoms with Crippen LogP contribution in [-0.4, -0.2) is 11.0 Å². The predicted molar refractivity (Wildman–Crippen MR) is 72.1 cm³/mol. The average Bonchev–Trinajstić information content (AvgIpc) is 2.43. The number of benzene rings is 1. The molecule has 0 fully saturated rings. The molecule has 0 saturated carbocycles. The van der Waals surface area contributed by atoms with Crippen molar-refractivity contribution in [3.63, 3.8) is 0 Å². The Balaban J connectivity index is 2.36. The molecular weight excluding hydrogens is 238 g/mol. The van der Waals surface area contributed by atoms with Crippen LogP contribution in [0.5, 0.6) is 0 Å². The van der Waals surface area contributed by atoms with Crippen molar-refractivity contribution in [2.24, 2.45) is 0 Å². The Labute approximate surface area is 112 Å². The molecule has 0 aliphatic heterocycles. The highest BCUT2D eigenvalue weighted by Gasteiger charge is 2.18. The second-order valence-electron chi connectivity index (χ2n) is 5.11. The Bertz CT molecular complexity index is 661. The molecule has 1 aromatic carbocycles. The van der Waals surface area contributed by atoms with E-state index in [0.29, 0.717) is 5.56 Å². The predicted octanol–water partition coefficient (Wildman–Crippen LogP) is 2.04. The second kappa shape index (κ2) is 4.65. The first-order valence-corrected chi connectivity index (χ1v) is 6.86. The number of aromatic carboxylic acids is 1. The van der Waals surface area contributed by atoms with Crippen molar-refractivity contribution in [1.29, 1.82) is 0 Å². The Hall–Kier alpha value is -1.90. The van der Waals surface area contributed by atoms with E-state index in [1.807, 2.05) is 18.2 Å². The lowest BCUT2D eigenvalue weighted by molar-refractivity contribution is -0.254. The Morgan fingerprint density at radius 3 is 2.84 bits per heavy atom. The maximum atomic E-state index is 11.5. The lowest BCUT2D eigenvalue weighted by Crippen LogP contribution is -2.26. The van der Waals surface area contributed by atoms with E-state index in [2.05, 4.69) is 11.9 Å². The summed E-state index contributed by atoms with van der Waals surface area (Å²) in [7, 11) is 0. The SMILES string of the molecule is CCc1ccc2nc3c(c(C(=O)[O-])c2c1)CCCC3. The van der Waals surface area contributed by atoms with Crippen LogP contribution in [0.3, 0.4) is 0 Å². The van der Waals surface area contributed by atoms with E-state index in [0.717, 1.165) is 59.8 Å². The Morgan fingerprint density at radius 2 is 2.11 bits per heavy atom. The fourth-order valence-corrected chi connectivity index (χ4v) is 2.92. The van der Waals surface area contributed by atoms with Gasteiger partial charge in [0.15, 0.2) is 0 Å². The highest BCUT2D eigenvalue weighted by atomic mass is 16.4. The van der Waals surface area contributed by atoms with Gasteiger partial charge in [-0.05, 0) is 55.4 Å². The molecule has 0 spiro atoms. The molecule has 0 unspecified atom stereocenters. The number of carboxylic acids is 1. The zero-order valence-corrected chi connectivity index (χ0v) is 11.0. The summed E-state index contributed by atoms with van der Waals surface area (Å²) in [5.41, 5.74) is 4.12. The lowest BCUT2D eigenvalue weighted by Gasteiger charge is -2.21. The summed E-state index contributed by atoms with van der Waals surface area (Å²) in [6.07, 6.45) is 4.69. The molecule has 0 saturated heterocycles. The quantitative estimate of drug-likeness (QED) is 0.824. The summed E-state index contributed by atoms with van der Waals surface area (Å²) < 4.78 is 0. The molecule has 1 aromatic heterocycles. The lowest BCUT2D eigenvalue weighted by atomic mass is 9.89. The van der Waals surface area contributed by atoms with Gasteiger partial charge in [-0.2, -0.15) is 0 Å². The van der Waals surface area contributed by atoms with Gasteiger partial charge in [0.1, 0.15) is 0 Å². The number of fused-ring (bicyclic) bond motifs is 2. The van der Waals surface area contributed by atoms with Crippen molar-refractivity contribution >= 4 is 16.9 Å². The molecule has 0 bridgehead atoms. The van der Waals surface area contributed by atoms with Crippen molar-refractivity contribution < 1.29 is 9.90 Å². The smallest absolute Gasteiger partial charge is 0.0725 e. The maximum Gasteiger partial charge on any atom is 0.0725 e. The molecule has 3 rings (SSSR count). The largest absolute Gasteiger partial charge is 0.545 e. The van der Waals surface area contributed by atoms with Gasteiger partial charge >= 0.3 is 0 Å². The van der Waals surface area contributed by atoms with Gasteiger partial charge in [0, 0.05) is 16.6 Å². The van der Waals surface area contributed by atoms with Crippen LogP contribution in [0.2, 0.25) is 0 Å². The van der Waals surface area contributed by atoms with E-state index in [4.69, 9.17) is 0 Å². The zero-order valence-electron chi connectivity index (χ0n) is 11.0. The normalized spacial score (nSPS) is 14.4. The molecule has 1 aliphatic carbocycles. The Kier molecular flexibility index (Phi) is 2.97. The van der Waals surface area contributed by atoms with E-state index in [1.54, 1.807) is 0 Å². The molecule has 0 atom stereocenters. The second-order valence-corrected chi connectivity index (χ2v) is 5.11. The van der Waals surface area contributed by atoms with E-state index < -0.39 is 5.97 Å². The molecule has 1 aliphatic rings. The summed E-state index contributed by atoms with van der Waals surface area (Å²) in [6.45, 7) is 2.06. The number of hydrogen-bond acceptors (Lipinski definition) is 3. The number of pyridine rings is 1. The van der Waals surface area contributed by atoms with Gasteiger partial charge in [-0.1, -0.05) is 13.0 Å². The van der Waals surface area contributed by atoms with Gasteiger partial charge < -0.3 is 9.90 Å². The van der Waals surface area contributed by atoms with E-state index in [-0.39, 0.29) is 0 Å². The van der Waals surface area contributed by atoms with Gasteiger partial charge in [0.25, 0.3) is 0 Å². The molecule has 3 nitrogen and oxygen atoms in total. The van der Waals surface area contributed by atoms with Crippen LogP contribution < -0.4 is 5.11 Å². The van der Waals surface area contributed by atoms with Crippen molar-refractivity contribution in [1.82, 2.24) is 4.98 Å². The summed E-state index contributed by atoms with van der Waals surface area (Å²) in [4.78, 5) is 16.2. The summed E-state index contributed by atoms with van der Waals surface area (Å²) in [5, 5.41) is 12.3. The van der Waals surface area contributed by atoms with Gasteiger partial charge in [0.2, 0.25) is 0 Å². The van der Waals surface area contributed by atoms with Crippen LogP contribution in [0.15, 0.2) is 18.2 Å². The van der Waals surface area contributed by atoms with Crippen LogP contribution in [0.1, 0.15) is 46.9 Å². The minimum Gasteiger partial charge on any atom is -0.545 e. The van der Waals surface area contributed by atoms with Crippen LogP contribution >= 0.6 is 0 Å². The molecule has 0 amide bonds. The maximum absolute atomic E-state index is 11.5. The number of nitrogens with zero attached hydrogens (tertiary/aromatic N) is 1. The van der Waals surface area contributed by atoms with E-state index in [9.17, 15) is 9.90 Å². The third-order valence-corrected chi connectivity index (χ3v) is 3.94. The first-order valence-electron chi connectivity index (χ1n) is 6.86. The van der Waals surface area contributed by atoms with Crippen molar-refractivity contribution in [2.45, 2.75) is 39.0 Å². The van der Waals surface area contributed by atoms with Crippen molar-refractivity contribution in [3.05, 3.63) is 40.6 Å². The van der Waals surface area contributed by atoms with Gasteiger partial charge in [-0.25, -0.2) is 0 Å². The van der Waals surface area contributed by atoms with Gasteiger partial charge in [-0.15, -0.1) is 0 Å². The number of aryl methyl sites for hydroxylation is 2. The highest BCUT2D eigenvalue weighted by Crippen LogP contribution is 2.29. The van der Waals surface area contributed by atoms with Crippen molar-refractivity contribution in [3.8, 4) is 0 Å². The molecule has 0 radical (unpaired) electrons. The molecule has 19 heavy (non-hydrogen) atoms. The molecule has 3 heteroatoms. The molecule has 0 N–H and O–H groups in total. The van der Waals surface area contributed by atoms with Crippen LogP contribution in [0, 0.1) is 0 Å². The fourth-order valence-electron chi connectivity index (χ4n) is 2.92. The fraction of sp³-hybridized carbons (Fsp3) is 0.375. The standard InChI is InChI=1S/C16H17NO2/c1-2-10-7-8-14-12(9-10)15(16(18)19)11-5-3-4-6-13(11)17-14/h7-9H,2-6H2,1H3,(H,18,19)/p-1.